The molecule has 0 spiro atoms. The van der Waals surface area contributed by atoms with E-state index < -0.39 is 0 Å². The Morgan fingerprint density at radius 1 is 1.42 bits per heavy atom. The van der Waals surface area contributed by atoms with Crippen molar-refractivity contribution >= 4 is 26.9 Å². The predicted molar refractivity (Wildman–Crippen MR) is 76.6 cm³/mol. The van der Waals surface area contributed by atoms with E-state index in [2.05, 4.69) is 35.1 Å². The Morgan fingerprint density at radius 2 is 2.16 bits per heavy atom. The van der Waals surface area contributed by atoms with Crippen molar-refractivity contribution in [2.24, 2.45) is 0 Å². The highest BCUT2D eigenvalue weighted by Gasteiger charge is 2.17. The van der Waals surface area contributed by atoms with E-state index >= 15 is 0 Å². The fourth-order valence-corrected chi connectivity index (χ4v) is 2.40. The van der Waals surface area contributed by atoms with Gasteiger partial charge in [-0.1, -0.05) is 29.8 Å². The van der Waals surface area contributed by atoms with E-state index in [0.717, 1.165) is 16.7 Å². The van der Waals surface area contributed by atoms with Gasteiger partial charge in [-0.25, -0.2) is 4.39 Å². The van der Waals surface area contributed by atoms with E-state index in [-0.39, 0.29) is 11.4 Å². The summed E-state index contributed by atoms with van der Waals surface area (Å²) in [6.07, 6.45) is 0. The van der Waals surface area contributed by atoms with Gasteiger partial charge < -0.3 is 14.5 Å². The lowest BCUT2D eigenvalue weighted by Gasteiger charge is -2.07. The second kappa shape index (κ2) is 6.03. The average Bonchev–Trinajstić information content (AvgIpc) is 2.66. The molecule has 1 N–H and O–H groups in total. The first kappa shape index (κ1) is 14.5. The van der Waals surface area contributed by atoms with Crippen molar-refractivity contribution in [3.8, 4) is 0 Å². The van der Waals surface area contributed by atoms with Crippen molar-refractivity contribution in [2.75, 3.05) is 7.11 Å². The maximum atomic E-state index is 13.9. The van der Waals surface area contributed by atoms with Gasteiger partial charge in [-0.15, -0.1) is 0 Å². The molecule has 5 heteroatoms. The molecule has 1 aromatic heterocycles. The molecule has 0 atom stereocenters. The van der Waals surface area contributed by atoms with Crippen LogP contribution in [0.3, 0.4) is 0 Å². The monoisotopic (exact) mass is 329 g/mol. The van der Waals surface area contributed by atoms with Crippen molar-refractivity contribution in [3.63, 3.8) is 0 Å². The summed E-state index contributed by atoms with van der Waals surface area (Å²) < 4.78 is 25.4. The Labute approximate surface area is 120 Å². The molecular weight excluding hydrogens is 313 g/mol. The quantitative estimate of drug-likeness (QED) is 0.900. The first-order valence-electron chi connectivity index (χ1n) is 6.14. The number of rotatable bonds is 5. The van der Waals surface area contributed by atoms with Gasteiger partial charge in [0.2, 0.25) is 0 Å². The van der Waals surface area contributed by atoms with Crippen molar-refractivity contribution in [3.05, 3.63) is 33.7 Å². The molecule has 0 aliphatic carbocycles. The number of furan rings is 1. The molecule has 0 radical (unpaired) electrons. The van der Waals surface area contributed by atoms with Crippen LogP contribution < -0.4 is 5.32 Å². The van der Waals surface area contributed by atoms with Crippen LogP contribution in [0.2, 0.25) is 0 Å². The van der Waals surface area contributed by atoms with E-state index in [1.165, 1.54) is 6.07 Å². The second-order valence-corrected chi connectivity index (χ2v) is 5.65. The molecule has 2 rings (SSSR count). The van der Waals surface area contributed by atoms with E-state index in [4.69, 9.17) is 9.15 Å². The Kier molecular flexibility index (Phi) is 4.60. The molecule has 1 heterocycles. The molecule has 3 nitrogen and oxygen atoms in total. The smallest absolute Gasteiger partial charge is 0.170 e. The number of halogens is 2. The summed E-state index contributed by atoms with van der Waals surface area (Å²) in [6.45, 7) is 5.06. The van der Waals surface area contributed by atoms with E-state index in [1.54, 1.807) is 7.11 Å². The molecule has 0 unspecified atom stereocenters. The van der Waals surface area contributed by atoms with Crippen LogP contribution in [0, 0.1) is 5.82 Å². The van der Waals surface area contributed by atoms with Gasteiger partial charge >= 0.3 is 0 Å². The summed E-state index contributed by atoms with van der Waals surface area (Å²) in [5.41, 5.74) is 1.18. The highest BCUT2D eigenvalue weighted by Crippen LogP contribution is 2.31. The van der Waals surface area contributed by atoms with E-state index in [1.807, 2.05) is 6.07 Å². The molecule has 0 bridgehead atoms. The average molecular weight is 330 g/mol. The molecule has 0 amide bonds. The third-order valence-electron chi connectivity index (χ3n) is 2.85. The number of methoxy groups -OCH3 is 1. The Hall–Kier alpha value is -0.910. The Bertz CT molecular complexity index is 580. The summed E-state index contributed by atoms with van der Waals surface area (Å²) in [5.74, 6) is 0.361. The number of hydrogen-bond acceptors (Lipinski definition) is 3. The SMILES string of the molecule is COCc1c(CNC(C)C)oc2c(F)cc(Br)cc12. The lowest BCUT2D eigenvalue weighted by Crippen LogP contribution is -2.22. The number of ether oxygens (including phenoxy) is 1. The molecule has 19 heavy (non-hydrogen) atoms. The van der Waals surface area contributed by atoms with Crippen LogP contribution in [0.5, 0.6) is 0 Å². The topological polar surface area (TPSA) is 34.4 Å². The summed E-state index contributed by atoms with van der Waals surface area (Å²) >= 11 is 3.30. The van der Waals surface area contributed by atoms with Crippen molar-refractivity contribution in [1.82, 2.24) is 5.32 Å². The van der Waals surface area contributed by atoms with Gasteiger partial charge in [0.15, 0.2) is 11.4 Å². The lowest BCUT2D eigenvalue weighted by molar-refractivity contribution is 0.183. The Morgan fingerprint density at radius 3 is 2.79 bits per heavy atom. The highest BCUT2D eigenvalue weighted by molar-refractivity contribution is 9.10. The molecule has 0 fully saturated rings. The van der Waals surface area contributed by atoms with Gasteiger partial charge in [-0.2, -0.15) is 0 Å². The van der Waals surface area contributed by atoms with Gasteiger partial charge in [0, 0.05) is 28.6 Å². The van der Waals surface area contributed by atoms with Crippen LogP contribution >= 0.6 is 15.9 Å². The maximum absolute atomic E-state index is 13.9. The summed E-state index contributed by atoms with van der Waals surface area (Å²) in [6, 6.07) is 3.59. The van der Waals surface area contributed by atoms with Gasteiger partial charge in [0.25, 0.3) is 0 Å². The minimum absolute atomic E-state index is 0.288. The Balaban J connectivity index is 2.50. The van der Waals surface area contributed by atoms with Crippen LogP contribution in [0.15, 0.2) is 21.0 Å². The van der Waals surface area contributed by atoms with Gasteiger partial charge in [0.1, 0.15) is 5.76 Å². The first-order valence-corrected chi connectivity index (χ1v) is 6.93. The third-order valence-corrected chi connectivity index (χ3v) is 3.31. The molecule has 0 saturated heterocycles. The molecule has 0 aliphatic rings. The molecule has 0 saturated carbocycles. The lowest BCUT2D eigenvalue weighted by atomic mass is 10.1. The molecule has 2 aromatic rings. The largest absolute Gasteiger partial charge is 0.456 e. The number of benzene rings is 1. The summed E-state index contributed by atoms with van der Waals surface area (Å²) in [7, 11) is 1.62. The molecule has 0 aliphatic heterocycles. The van der Waals surface area contributed by atoms with E-state index in [0.29, 0.717) is 23.7 Å². The zero-order valence-corrected chi connectivity index (χ0v) is 12.8. The van der Waals surface area contributed by atoms with E-state index in [9.17, 15) is 4.39 Å². The standard InChI is InChI=1S/C14H17BrFNO2/c1-8(2)17-6-13-11(7-18-3)10-4-9(15)5-12(16)14(10)19-13/h4-5,8,17H,6-7H2,1-3H3. The van der Waals surface area contributed by atoms with Crippen LogP contribution in [0.1, 0.15) is 25.2 Å². The summed E-state index contributed by atoms with van der Waals surface area (Å²) in [5, 5.41) is 4.03. The van der Waals surface area contributed by atoms with Gasteiger partial charge in [-0.3, -0.25) is 0 Å². The highest BCUT2D eigenvalue weighted by atomic mass is 79.9. The number of hydrogen-bond donors (Lipinski definition) is 1. The predicted octanol–water partition coefficient (Wildman–Crippen LogP) is 3.98. The molecule has 104 valence electrons. The molecule has 1 aromatic carbocycles. The minimum atomic E-state index is -0.363. The van der Waals surface area contributed by atoms with Crippen molar-refractivity contribution in [1.29, 1.82) is 0 Å². The maximum Gasteiger partial charge on any atom is 0.170 e. The van der Waals surface area contributed by atoms with Crippen molar-refractivity contribution < 1.29 is 13.5 Å². The normalized spacial score (nSPS) is 11.7. The van der Waals surface area contributed by atoms with Crippen molar-refractivity contribution in [2.45, 2.75) is 33.0 Å². The fourth-order valence-electron chi connectivity index (χ4n) is 1.97. The first-order chi connectivity index (χ1) is 9.02. The van der Waals surface area contributed by atoms with Crippen LogP contribution in [0.4, 0.5) is 4.39 Å². The zero-order valence-electron chi connectivity index (χ0n) is 11.2. The van der Waals surface area contributed by atoms with Crippen LogP contribution in [0.25, 0.3) is 11.0 Å². The van der Waals surface area contributed by atoms with Crippen LogP contribution in [-0.2, 0) is 17.9 Å². The minimum Gasteiger partial charge on any atom is -0.456 e. The fraction of sp³-hybridized carbons (Fsp3) is 0.429. The summed E-state index contributed by atoms with van der Waals surface area (Å²) in [4.78, 5) is 0. The van der Waals surface area contributed by atoms with Gasteiger partial charge in [0.05, 0.1) is 13.2 Å². The van der Waals surface area contributed by atoms with Crippen LogP contribution in [-0.4, -0.2) is 13.2 Å². The van der Waals surface area contributed by atoms with Gasteiger partial charge in [-0.05, 0) is 12.1 Å². The number of nitrogens with one attached hydrogen (secondary N) is 1. The second-order valence-electron chi connectivity index (χ2n) is 4.74. The third kappa shape index (κ3) is 3.16. The molecular formula is C14H17BrFNO2. The zero-order chi connectivity index (χ0) is 14.0. The number of fused-ring (bicyclic) bond motifs is 1.